The minimum atomic E-state index is -0.405. The van der Waals surface area contributed by atoms with Gasteiger partial charge in [-0.2, -0.15) is 5.26 Å². The number of anilines is 1. The number of carbonyl (C=O) groups excluding carboxylic acids is 1. The van der Waals surface area contributed by atoms with E-state index < -0.39 is 5.92 Å². The summed E-state index contributed by atoms with van der Waals surface area (Å²) in [5.41, 5.74) is 3.69. The van der Waals surface area contributed by atoms with Crippen molar-refractivity contribution in [3.8, 4) is 6.07 Å². The van der Waals surface area contributed by atoms with E-state index in [4.69, 9.17) is 0 Å². The molecule has 3 aromatic rings. The first-order chi connectivity index (χ1) is 13.3. The molecule has 0 aliphatic heterocycles. The van der Waals surface area contributed by atoms with Gasteiger partial charge in [0.05, 0.1) is 11.5 Å². The van der Waals surface area contributed by atoms with Gasteiger partial charge in [-0.1, -0.05) is 60.7 Å². The Bertz CT molecular complexity index is 947. The van der Waals surface area contributed by atoms with Crippen LogP contribution in [0.1, 0.15) is 45.9 Å². The second-order valence-corrected chi connectivity index (χ2v) is 7.88. The lowest BCUT2D eigenvalue weighted by Crippen LogP contribution is -2.22. The Morgan fingerprint density at radius 1 is 0.963 bits per heavy atom. The maximum atomic E-state index is 13.3. The molecule has 4 rings (SSSR count). The smallest absolute Gasteiger partial charge is 0.237 e. The third kappa shape index (κ3) is 3.51. The summed E-state index contributed by atoms with van der Waals surface area (Å²) in [5, 5.41) is 13.4. The van der Waals surface area contributed by atoms with Gasteiger partial charge in [0, 0.05) is 4.88 Å². The fourth-order valence-corrected chi connectivity index (χ4v) is 4.99. The molecule has 1 aliphatic carbocycles. The third-order valence-corrected chi connectivity index (χ3v) is 6.26. The molecule has 1 heterocycles. The Labute approximate surface area is 163 Å². The summed E-state index contributed by atoms with van der Waals surface area (Å²) in [5.74, 6) is -0.499. The summed E-state index contributed by atoms with van der Waals surface area (Å²) in [7, 11) is 0. The number of benzene rings is 2. The van der Waals surface area contributed by atoms with Crippen molar-refractivity contribution in [1.82, 2.24) is 0 Å². The summed E-state index contributed by atoms with van der Waals surface area (Å²) < 4.78 is 0. The number of amides is 1. The van der Waals surface area contributed by atoms with Gasteiger partial charge in [0.1, 0.15) is 11.1 Å². The Hall–Kier alpha value is -2.90. The van der Waals surface area contributed by atoms with E-state index in [1.165, 1.54) is 4.88 Å². The molecule has 134 valence electrons. The van der Waals surface area contributed by atoms with E-state index in [1.807, 2.05) is 60.7 Å². The molecule has 0 saturated carbocycles. The molecule has 27 heavy (non-hydrogen) atoms. The summed E-state index contributed by atoms with van der Waals surface area (Å²) in [4.78, 5) is 14.5. The van der Waals surface area contributed by atoms with Crippen molar-refractivity contribution in [2.24, 2.45) is 0 Å². The minimum Gasteiger partial charge on any atom is -0.316 e. The van der Waals surface area contributed by atoms with Crippen LogP contribution >= 0.6 is 11.3 Å². The van der Waals surface area contributed by atoms with E-state index in [-0.39, 0.29) is 5.91 Å². The standard InChI is InChI=1S/C23H20N2OS/c24-15-19-18-13-7-8-14-20(18)27-23(19)25-22(26)21(16-9-3-1-4-10-16)17-11-5-2-6-12-17/h1-6,9-12,21H,7-8,13-14H2,(H,25,26). The molecule has 0 fully saturated rings. The molecule has 1 aromatic heterocycles. The molecule has 2 aromatic carbocycles. The van der Waals surface area contributed by atoms with Crippen LogP contribution in [-0.4, -0.2) is 5.91 Å². The molecular weight excluding hydrogens is 352 g/mol. The number of carbonyl (C=O) groups is 1. The van der Waals surface area contributed by atoms with Gasteiger partial charge in [-0.05, 0) is 42.4 Å². The van der Waals surface area contributed by atoms with Crippen LogP contribution in [0.15, 0.2) is 60.7 Å². The van der Waals surface area contributed by atoms with Gasteiger partial charge in [-0.25, -0.2) is 0 Å². The largest absolute Gasteiger partial charge is 0.316 e. The van der Waals surface area contributed by atoms with Gasteiger partial charge < -0.3 is 5.32 Å². The number of thiophene rings is 1. The van der Waals surface area contributed by atoms with Crippen LogP contribution in [0.5, 0.6) is 0 Å². The number of hydrogen-bond acceptors (Lipinski definition) is 3. The third-order valence-electron chi connectivity index (χ3n) is 5.05. The Morgan fingerprint density at radius 3 is 2.15 bits per heavy atom. The van der Waals surface area contributed by atoms with Crippen molar-refractivity contribution in [2.45, 2.75) is 31.6 Å². The highest BCUT2D eigenvalue weighted by Crippen LogP contribution is 2.38. The van der Waals surface area contributed by atoms with Crippen LogP contribution in [0.4, 0.5) is 5.00 Å². The van der Waals surface area contributed by atoms with Crippen LogP contribution in [-0.2, 0) is 17.6 Å². The van der Waals surface area contributed by atoms with E-state index in [1.54, 1.807) is 11.3 Å². The molecule has 4 heteroatoms. The zero-order valence-electron chi connectivity index (χ0n) is 14.9. The van der Waals surface area contributed by atoms with Gasteiger partial charge in [-0.15, -0.1) is 11.3 Å². The zero-order valence-corrected chi connectivity index (χ0v) is 15.8. The summed E-state index contributed by atoms with van der Waals surface area (Å²) in [6, 6.07) is 21.9. The fraction of sp³-hybridized carbons (Fsp3) is 0.217. The molecule has 0 unspecified atom stereocenters. The lowest BCUT2D eigenvalue weighted by atomic mass is 9.90. The highest BCUT2D eigenvalue weighted by atomic mass is 32.1. The SMILES string of the molecule is N#Cc1c(NC(=O)C(c2ccccc2)c2ccccc2)sc2c1CCCC2. The zero-order chi connectivity index (χ0) is 18.6. The molecule has 3 nitrogen and oxygen atoms in total. The van der Waals surface area contributed by atoms with Crippen molar-refractivity contribution in [2.75, 3.05) is 5.32 Å². The van der Waals surface area contributed by atoms with Gasteiger partial charge in [-0.3, -0.25) is 4.79 Å². The number of fused-ring (bicyclic) bond motifs is 1. The van der Waals surface area contributed by atoms with Crippen LogP contribution in [0.25, 0.3) is 0 Å². The predicted molar refractivity (Wildman–Crippen MR) is 109 cm³/mol. The number of nitriles is 1. The second-order valence-electron chi connectivity index (χ2n) is 6.77. The number of nitrogens with one attached hydrogen (secondary N) is 1. The molecule has 0 spiro atoms. The van der Waals surface area contributed by atoms with Crippen molar-refractivity contribution >= 4 is 22.2 Å². The summed E-state index contributed by atoms with van der Waals surface area (Å²) >= 11 is 1.57. The van der Waals surface area contributed by atoms with Crippen LogP contribution < -0.4 is 5.32 Å². The average molecular weight is 372 g/mol. The topological polar surface area (TPSA) is 52.9 Å². The van der Waals surface area contributed by atoms with Crippen LogP contribution in [0.3, 0.4) is 0 Å². The van der Waals surface area contributed by atoms with E-state index in [9.17, 15) is 10.1 Å². The molecule has 0 bridgehead atoms. The Kier molecular flexibility index (Phi) is 5.04. The molecular formula is C23H20N2OS. The first-order valence-electron chi connectivity index (χ1n) is 9.23. The van der Waals surface area contributed by atoms with Crippen molar-refractivity contribution in [1.29, 1.82) is 5.26 Å². The normalized spacial score (nSPS) is 13.0. The molecule has 0 atom stereocenters. The van der Waals surface area contributed by atoms with Gasteiger partial charge in [0.2, 0.25) is 5.91 Å². The minimum absolute atomic E-state index is 0.0949. The molecule has 1 amide bonds. The first kappa shape index (κ1) is 17.5. The van der Waals surface area contributed by atoms with Crippen LogP contribution in [0.2, 0.25) is 0 Å². The highest BCUT2D eigenvalue weighted by molar-refractivity contribution is 7.16. The van der Waals surface area contributed by atoms with Gasteiger partial charge in [0.25, 0.3) is 0 Å². The van der Waals surface area contributed by atoms with E-state index in [0.29, 0.717) is 10.6 Å². The summed E-state index contributed by atoms with van der Waals surface area (Å²) in [6.07, 6.45) is 4.21. The molecule has 0 radical (unpaired) electrons. The quantitative estimate of drug-likeness (QED) is 0.678. The predicted octanol–water partition coefficient (Wildman–Crippen LogP) is 5.27. The van der Waals surface area contributed by atoms with Crippen molar-refractivity contribution in [3.05, 3.63) is 87.8 Å². The van der Waals surface area contributed by atoms with Gasteiger partial charge >= 0.3 is 0 Å². The van der Waals surface area contributed by atoms with E-state index in [2.05, 4.69) is 11.4 Å². The maximum Gasteiger partial charge on any atom is 0.237 e. The van der Waals surface area contributed by atoms with Crippen LogP contribution in [0, 0.1) is 11.3 Å². The van der Waals surface area contributed by atoms with E-state index in [0.717, 1.165) is 42.4 Å². The summed E-state index contributed by atoms with van der Waals surface area (Å²) in [6.45, 7) is 0. The first-order valence-corrected chi connectivity index (χ1v) is 10.0. The molecule has 1 N–H and O–H groups in total. The monoisotopic (exact) mass is 372 g/mol. The van der Waals surface area contributed by atoms with Crippen molar-refractivity contribution < 1.29 is 4.79 Å². The number of aryl methyl sites for hydroxylation is 1. The Morgan fingerprint density at radius 2 is 1.56 bits per heavy atom. The number of rotatable bonds is 4. The van der Waals surface area contributed by atoms with Gasteiger partial charge in [0.15, 0.2) is 0 Å². The lowest BCUT2D eigenvalue weighted by molar-refractivity contribution is -0.116. The lowest BCUT2D eigenvalue weighted by Gasteiger charge is -2.17. The maximum absolute atomic E-state index is 13.3. The molecule has 0 saturated heterocycles. The van der Waals surface area contributed by atoms with E-state index >= 15 is 0 Å². The second kappa shape index (κ2) is 7.77. The highest BCUT2D eigenvalue weighted by Gasteiger charge is 2.26. The fourth-order valence-electron chi connectivity index (χ4n) is 3.74. The van der Waals surface area contributed by atoms with Crippen molar-refractivity contribution in [3.63, 3.8) is 0 Å². The number of nitrogens with zero attached hydrogens (tertiary/aromatic N) is 1. The number of hydrogen-bond donors (Lipinski definition) is 1. The Balaban J connectivity index is 1.70. The molecule has 1 aliphatic rings. The average Bonchev–Trinajstić information content (AvgIpc) is 3.06.